The van der Waals surface area contributed by atoms with Gasteiger partial charge in [-0.15, -0.1) is 0 Å². The molecule has 4 nitrogen and oxygen atoms in total. The number of aliphatic hydroxyl groups is 1. The van der Waals surface area contributed by atoms with Gasteiger partial charge in [0.2, 0.25) is 0 Å². The first-order chi connectivity index (χ1) is 8.89. The van der Waals surface area contributed by atoms with Crippen molar-refractivity contribution < 1.29 is 19.0 Å². The van der Waals surface area contributed by atoms with Crippen LogP contribution in [0.4, 0.5) is 4.39 Å². The van der Waals surface area contributed by atoms with Crippen molar-refractivity contribution in [3.05, 3.63) is 29.6 Å². The molecule has 0 heterocycles. The minimum atomic E-state index is -0.949. The summed E-state index contributed by atoms with van der Waals surface area (Å²) in [7, 11) is 1.36. The summed E-state index contributed by atoms with van der Waals surface area (Å²) in [4.78, 5) is 11.8. The molecule has 0 saturated heterocycles. The van der Waals surface area contributed by atoms with Crippen molar-refractivity contribution in [3.8, 4) is 5.75 Å². The fourth-order valence-electron chi connectivity index (χ4n) is 1.81. The van der Waals surface area contributed by atoms with Gasteiger partial charge in [0.25, 0.3) is 5.91 Å². The van der Waals surface area contributed by atoms with E-state index in [9.17, 15) is 14.3 Å². The Labute approximate surface area is 112 Å². The first-order valence-corrected chi connectivity index (χ1v) is 6.23. The number of rotatable bonds is 6. The van der Waals surface area contributed by atoms with E-state index in [2.05, 4.69) is 5.32 Å². The molecule has 1 aromatic rings. The molecular formula is C14H20FNO3. The van der Waals surface area contributed by atoms with Gasteiger partial charge in [-0.25, -0.2) is 4.39 Å². The molecular weight excluding hydrogens is 249 g/mol. The molecule has 2 N–H and O–H groups in total. The predicted octanol–water partition coefficient (Wildman–Crippen LogP) is 2.12. The first kappa shape index (κ1) is 15.4. The SMILES string of the molecule is CCCC(C)(O)CNC(=O)c1ccc(OC)c(F)c1. The van der Waals surface area contributed by atoms with Gasteiger partial charge in [-0.1, -0.05) is 13.3 Å². The quantitative estimate of drug-likeness (QED) is 0.831. The molecule has 0 aliphatic rings. The van der Waals surface area contributed by atoms with Crippen LogP contribution in [-0.4, -0.2) is 30.3 Å². The number of hydrogen-bond acceptors (Lipinski definition) is 3. The number of nitrogens with one attached hydrogen (secondary N) is 1. The molecule has 0 aliphatic heterocycles. The first-order valence-electron chi connectivity index (χ1n) is 6.23. The molecule has 1 unspecified atom stereocenters. The Kier molecular flexibility index (Phi) is 5.30. The van der Waals surface area contributed by atoms with Gasteiger partial charge in [-0.3, -0.25) is 4.79 Å². The third-order valence-corrected chi connectivity index (χ3v) is 2.83. The molecule has 1 amide bonds. The smallest absolute Gasteiger partial charge is 0.251 e. The van der Waals surface area contributed by atoms with E-state index >= 15 is 0 Å². The van der Waals surface area contributed by atoms with Gasteiger partial charge in [0, 0.05) is 12.1 Å². The molecule has 0 aromatic heterocycles. The minimum Gasteiger partial charge on any atom is -0.494 e. The molecule has 106 valence electrons. The normalized spacial score (nSPS) is 13.7. The number of halogens is 1. The highest BCUT2D eigenvalue weighted by Crippen LogP contribution is 2.18. The third kappa shape index (κ3) is 4.52. The zero-order chi connectivity index (χ0) is 14.5. The molecule has 0 saturated carbocycles. The van der Waals surface area contributed by atoms with Gasteiger partial charge in [0.1, 0.15) is 0 Å². The van der Waals surface area contributed by atoms with Crippen LogP contribution in [0.25, 0.3) is 0 Å². The van der Waals surface area contributed by atoms with Crippen LogP contribution in [0.2, 0.25) is 0 Å². The van der Waals surface area contributed by atoms with E-state index < -0.39 is 17.3 Å². The number of carbonyl (C=O) groups is 1. The summed E-state index contributed by atoms with van der Waals surface area (Å²) in [6.07, 6.45) is 1.41. The molecule has 5 heteroatoms. The Morgan fingerprint density at radius 2 is 2.21 bits per heavy atom. The highest BCUT2D eigenvalue weighted by molar-refractivity contribution is 5.94. The number of benzene rings is 1. The lowest BCUT2D eigenvalue weighted by molar-refractivity contribution is 0.0469. The van der Waals surface area contributed by atoms with Crippen molar-refractivity contribution in [2.45, 2.75) is 32.3 Å². The second-order valence-corrected chi connectivity index (χ2v) is 4.78. The van der Waals surface area contributed by atoms with Gasteiger partial charge >= 0.3 is 0 Å². The largest absolute Gasteiger partial charge is 0.494 e. The average Bonchev–Trinajstić information content (AvgIpc) is 2.36. The molecule has 0 spiro atoms. The molecule has 0 radical (unpaired) electrons. The average molecular weight is 269 g/mol. The van der Waals surface area contributed by atoms with Crippen LogP contribution >= 0.6 is 0 Å². The summed E-state index contributed by atoms with van der Waals surface area (Å²) < 4.78 is 18.2. The Bertz CT molecular complexity index is 446. The Hall–Kier alpha value is -1.62. The minimum absolute atomic E-state index is 0.0922. The number of amides is 1. The van der Waals surface area contributed by atoms with Crippen molar-refractivity contribution in [2.24, 2.45) is 0 Å². The molecule has 1 rings (SSSR count). The maximum Gasteiger partial charge on any atom is 0.251 e. The van der Waals surface area contributed by atoms with E-state index in [1.807, 2.05) is 6.92 Å². The Morgan fingerprint density at radius 1 is 1.53 bits per heavy atom. The second-order valence-electron chi connectivity index (χ2n) is 4.78. The molecule has 0 fully saturated rings. The van der Waals surface area contributed by atoms with E-state index in [4.69, 9.17) is 4.74 Å². The summed E-state index contributed by atoms with van der Waals surface area (Å²) in [6.45, 7) is 3.74. The van der Waals surface area contributed by atoms with Crippen LogP contribution in [0.1, 0.15) is 37.0 Å². The van der Waals surface area contributed by atoms with Gasteiger partial charge < -0.3 is 15.2 Å². The zero-order valence-corrected chi connectivity index (χ0v) is 11.5. The van der Waals surface area contributed by atoms with Crippen LogP contribution in [0.15, 0.2) is 18.2 Å². The van der Waals surface area contributed by atoms with Crippen LogP contribution in [0.3, 0.4) is 0 Å². The van der Waals surface area contributed by atoms with E-state index in [-0.39, 0.29) is 17.9 Å². The van der Waals surface area contributed by atoms with Crippen LogP contribution < -0.4 is 10.1 Å². The third-order valence-electron chi connectivity index (χ3n) is 2.83. The lowest BCUT2D eigenvalue weighted by atomic mass is 10.0. The van der Waals surface area contributed by atoms with E-state index in [1.54, 1.807) is 6.92 Å². The summed E-state index contributed by atoms with van der Waals surface area (Å²) in [5, 5.41) is 12.5. The van der Waals surface area contributed by atoms with E-state index in [0.29, 0.717) is 6.42 Å². The van der Waals surface area contributed by atoms with Crippen molar-refractivity contribution >= 4 is 5.91 Å². The predicted molar refractivity (Wildman–Crippen MR) is 70.8 cm³/mol. The standard InChI is InChI=1S/C14H20FNO3/c1-4-7-14(2,18)9-16-13(17)10-5-6-12(19-3)11(15)8-10/h5-6,8,18H,4,7,9H2,1-3H3,(H,16,17). The van der Waals surface area contributed by atoms with Gasteiger partial charge in [0.05, 0.1) is 12.7 Å². The second kappa shape index (κ2) is 6.52. The van der Waals surface area contributed by atoms with Crippen molar-refractivity contribution in [3.63, 3.8) is 0 Å². The summed E-state index contributed by atoms with van der Waals surface area (Å²) >= 11 is 0. The van der Waals surface area contributed by atoms with Crippen LogP contribution in [-0.2, 0) is 0 Å². The lowest BCUT2D eigenvalue weighted by Crippen LogP contribution is -2.40. The maximum atomic E-state index is 13.5. The summed E-state index contributed by atoms with van der Waals surface area (Å²) in [5.41, 5.74) is -0.749. The molecule has 0 aliphatic carbocycles. The zero-order valence-electron chi connectivity index (χ0n) is 11.5. The number of methoxy groups -OCH3 is 1. The summed E-state index contributed by atoms with van der Waals surface area (Å²) in [5.74, 6) is -0.914. The fraction of sp³-hybridized carbons (Fsp3) is 0.500. The van der Waals surface area contributed by atoms with Gasteiger partial charge in [-0.05, 0) is 31.5 Å². The number of carbonyl (C=O) groups excluding carboxylic acids is 1. The van der Waals surface area contributed by atoms with Gasteiger partial charge in [-0.2, -0.15) is 0 Å². The Balaban J connectivity index is 2.66. The van der Waals surface area contributed by atoms with Crippen molar-refractivity contribution in [1.29, 1.82) is 0 Å². The fourth-order valence-corrected chi connectivity index (χ4v) is 1.81. The van der Waals surface area contributed by atoms with Crippen LogP contribution in [0.5, 0.6) is 5.75 Å². The van der Waals surface area contributed by atoms with E-state index in [0.717, 1.165) is 12.5 Å². The summed E-state index contributed by atoms with van der Waals surface area (Å²) in [6, 6.07) is 3.99. The van der Waals surface area contributed by atoms with Crippen molar-refractivity contribution in [2.75, 3.05) is 13.7 Å². The monoisotopic (exact) mass is 269 g/mol. The Morgan fingerprint density at radius 3 is 2.74 bits per heavy atom. The number of ether oxygens (including phenoxy) is 1. The molecule has 19 heavy (non-hydrogen) atoms. The molecule has 0 bridgehead atoms. The van der Waals surface area contributed by atoms with E-state index in [1.165, 1.54) is 19.2 Å². The highest BCUT2D eigenvalue weighted by atomic mass is 19.1. The lowest BCUT2D eigenvalue weighted by Gasteiger charge is -2.22. The topological polar surface area (TPSA) is 58.6 Å². The molecule has 1 aromatic carbocycles. The van der Waals surface area contributed by atoms with Crippen molar-refractivity contribution in [1.82, 2.24) is 5.32 Å². The maximum absolute atomic E-state index is 13.5. The number of hydrogen-bond donors (Lipinski definition) is 2. The molecule has 1 atom stereocenters. The van der Waals surface area contributed by atoms with Gasteiger partial charge in [0.15, 0.2) is 11.6 Å². The van der Waals surface area contributed by atoms with Crippen LogP contribution in [0, 0.1) is 5.82 Å². The highest BCUT2D eigenvalue weighted by Gasteiger charge is 2.20.